The van der Waals surface area contributed by atoms with E-state index in [0.29, 0.717) is 6.73 Å². The summed E-state index contributed by atoms with van der Waals surface area (Å²) in [5, 5.41) is 0. The van der Waals surface area contributed by atoms with Gasteiger partial charge >= 0.3 is 0 Å². The molecule has 0 aromatic heterocycles. The fourth-order valence-corrected chi connectivity index (χ4v) is 3.44. The summed E-state index contributed by atoms with van der Waals surface area (Å²) in [4.78, 5) is 4.57. The van der Waals surface area contributed by atoms with Crippen LogP contribution in [0.3, 0.4) is 0 Å². The van der Waals surface area contributed by atoms with E-state index >= 15 is 0 Å². The maximum Gasteiger partial charge on any atom is 0.218 e. The molecule has 0 bridgehead atoms. The fraction of sp³-hybridized carbons (Fsp3) is 0.182. The SMILES string of the molecule is Cc1cccc(C)c1N1COC1N(c1ccccc1)c1ccccc1. The molecule has 1 unspecified atom stereocenters. The first-order valence-electron chi connectivity index (χ1n) is 8.59. The molecule has 0 radical (unpaired) electrons. The number of para-hydroxylation sites is 3. The van der Waals surface area contributed by atoms with E-state index in [1.165, 1.54) is 16.8 Å². The number of hydrogen-bond donors (Lipinski definition) is 0. The van der Waals surface area contributed by atoms with Gasteiger partial charge in [0.1, 0.15) is 6.73 Å². The Balaban J connectivity index is 1.76. The summed E-state index contributed by atoms with van der Waals surface area (Å²) < 4.78 is 6.03. The molecular weight excluding hydrogens is 308 g/mol. The number of hydrogen-bond acceptors (Lipinski definition) is 3. The summed E-state index contributed by atoms with van der Waals surface area (Å²) in [5.74, 6) is 0. The maximum atomic E-state index is 6.03. The van der Waals surface area contributed by atoms with Crippen molar-refractivity contribution in [2.24, 2.45) is 0 Å². The van der Waals surface area contributed by atoms with Crippen LogP contribution in [0, 0.1) is 13.8 Å². The van der Waals surface area contributed by atoms with Crippen molar-refractivity contribution in [3.63, 3.8) is 0 Å². The molecule has 1 atom stereocenters. The number of rotatable bonds is 4. The molecular formula is C22H22N2O. The van der Waals surface area contributed by atoms with Gasteiger partial charge < -0.3 is 9.64 Å². The maximum absolute atomic E-state index is 6.03. The van der Waals surface area contributed by atoms with Crippen molar-refractivity contribution in [3.05, 3.63) is 90.0 Å². The van der Waals surface area contributed by atoms with Crippen LogP contribution in [0.4, 0.5) is 17.1 Å². The van der Waals surface area contributed by atoms with E-state index in [2.05, 4.69) is 90.4 Å². The molecule has 1 aliphatic rings. The molecule has 1 fully saturated rings. The van der Waals surface area contributed by atoms with Crippen molar-refractivity contribution in [1.29, 1.82) is 0 Å². The summed E-state index contributed by atoms with van der Waals surface area (Å²) in [6.45, 7) is 4.92. The Kier molecular flexibility index (Phi) is 4.16. The predicted octanol–water partition coefficient (Wildman–Crippen LogP) is 5.22. The molecule has 25 heavy (non-hydrogen) atoms. The van der Waals surface area contributed by atoms with Gasteiger partial charge in [0.25, 0.3) is 0 Å². The lowest BCUT2D eigenvalue weighted by Gasteiger charge is -2.49. The minimum absolute atomic E-state index is 0.149. The lowest BCUT2D eigenvalue weighted by atomic mass is 10.1. The highest BCUT2D eigenvalue weighted by Gasteiger charge is 2.37. The Morgan fingerprint density at radius 2 is 1.28 bits per heavy atom. The molecule has 0 aliphatic carbocycles. The molecule has 0 spiro atoms. The molecule has 0 amide bonds. The van der Waals surface area contributed by atoms with Gasteiger partial charge in [-0.25, -0.2) is 0 Å². The lowest BCUT2D eigenvalue weighted by Crippen LogP contribution is -2.59. The van der Waals surface area contributed by atoms with E-state index in [4.69, 9.17) is 4.74 Å². The largest absolute Gasteiger partial charge is 0.319 e. The van der Waals surface area contributed by atoms with Crippen LogP contribution in [0.15, 0.2) is 78.9 Å². The zero-order chi connectivity index (χ0) is 17.2. The van der Waals surface area contributed by atoms with Crippen molar-refractivity contribution in [1.82, 2.24) is 0 Å². The first-order chi connectivity index (χ1) is 12.3. The van der Waals surface area contributed by atoms with Gasteiger partial charge in [0.05, 0.1) is 0 Å². The van der Waals surface area contributed by atoms with Gasteiger partial charge in [0.2, 0.25) is 6.35 Å². The van der Waals surface area contributed by atoms with Gasteiger partial charge in [0, 0.05) is 17.1 Å². The summed E-state index contributed by atoms with van der Waals surface area (Å²) in [6, 6.07) is 27.2. The number of anilines is 3. The van der Waals surface area contributed by atoms with E-state index < -0.39 is 0 Å². The fourth-order valence-electron chi connectivity index (χ4n) is 3.44. The summed E-state index contributed by atoms with van der Waals surface area (Å²) in [6.07, 6.45) is -0.149. The molecule has 3 heteroatoms. The average molecular weight is 330 g/mol. The van der Waals surface area contributed by atoms with Crippen LogP contribution in [0.1, 0.15) is 11.1 Å². The molecule has 3 aromatic carbocycles. The highest BCUT2D eigenvalue weighted by Crippen LogP contribution is 2.37. The van der Waals surface area contributed by atoms with Crippen LogP contribution in [0.25, 0.3) is 0 Å². The normalized spacial score (nSPS) is 16.4. The van der Waals surface area contributed by atoms with E-state index in [0.717, 1.165) is 11.4 Å². The van der Waals surface area contributed by atoms with Crippen molar-refractivity contribution in [2.75, 3.05) is 16.5 Å². The predicted molar refractivity (Wildman–Crippen MR) is 103 cm³/mol. The third kappa shape index (κ3) is 2.87. The second-order valence-corrected chi connectivity index (χ2v) is 6.37. The van der Waals surface area contributed by atoms with Crippen molar-refractivity contribution in [2.45, 2.75) is 20.2 Å². The molecule has 0 N–H and O–H groups in total. The van der Waals surface area contributed by atoms with Crippen LogP contribution < -0.4 is 9.80 Å². The van der Waals surface area contributed by atoms with Crippen LogP contribution in [0.2, 0.25) is 0 Å². The van der Waals surface area contributed by atoms with E-state index in [9.17, 15) is 0 Å². The number of aryl methyl sites for hydroxylation is 2. The molecule has 1 aliphatic heterocycles. The van der Waals surface area contributed by atoms with Gasteiger partial charge in [-0.05, 0) is 49.2 Å². The van der Waals surface area contributed by atoms with Crippen LogP contribution in [-0.4, -0.2) is 13.1 Å². The Hall–Kier alpha value is -2.78. The van der Waals surface area contributed by atoms with Gasteiger partial charge in [-0.2, -0.15) is 0 Å². The number of nitrogens with zero attached hydrogens (tertiary/aromatic N) is 2. The minimum atomic E-state index is -0.149. The van der Waals surface area contributed by atoms with E-state index in [1.807, 2.05) is 12.1 Å². The summed E-state index contributed by atoms with van der Waals surface area (Å²) >= 11 is 0. The highest BCUT2D eigenvalue weighted by atomic mass is 16.6. The molecule has 126 valence electrons. The molecule has 1 heterocycles. The van der Waals surface area contributed by atoms with Crippen LogP contribution in [-0.2, 0) is 4.74 Å². The van der Waals surface area contributed by atoms with Crippen LogP contribution >= 0.6 is 0 Å². The van der Waals surface area contributed by atoms with Gasteiger partial charge in [-0.1, -0.05) is 54.6 Å². The molecule has 3 nitrogen and oxygen atoms in total. The quantitative estimate of drug-likeness (QED) is 0.652. The average Bonchev–Trinajstić information content (AvgIpc) is 2.63. The van der Waals surface area contributed by atoms with E-state index in [1.54, 1.807) is 0 Å². The zero-order valence-corrected chi connectivity index (χ0v) is 14.6. The van der Waals surface area contributed by atoms with Crippen molar-refractivity contribution in [3.8, 4) is 0 Å². The van der Waals surface area contributed by atoms with Crippen molar-refractivity contribution < 1.29 is 4.74 Å². The first kappa shape index (κ1) is 15.7. The van der Waals surface area contributed by atoms with Gasteiger partial charge in [0.15, 0.2) is 0 Å². The highest BCUT2D eigenvalue weighted by molar-refractivity contribution is 5.68. The Labute approximate surface area is 149 Å². The standard InChI is InChI=1S/C22H22N2O/c1-17-10-9-11-18(2)21(17)23-16-25-22(23)24(19-12-5-3-6-13-19)20-14-7-4-8-15-20/h3-15,22H,16H2,1-2H3. The summed E-state index contributed by atoms with van der Waals surface area (Å²) in [5.41, 5.74) is 6.05. The molecule has 3 aromatic rings. The zero-order valence-electron chi connectivity index (χ0n) is 14.6. The Bertz CT molecular complexity index is 789. The van der Waals surface area contributed by atoms with Gasteiger partial charge in [-0.15, -0.1) is 0 Å². The smallest absolute Gasteiger partial charge is 0.218 e. The number of ether oxygens (including phenoxy) is 1. The topological polar surface area (TPSA) is 15.7 Å². The Morgan fingerprint density at radius 1 is 0.760 bits per heavy atom. The Morgan fingerprint density at radius 3 is 1.72 bits per heavy atom. The molecule has 0 saturated carbocycles. The van der Waals surface area contributed by atoms with E-state index in [-0.39, 0.29) is 6.35 Å². The summed E-state index contributed by atoms with van der Waals surface area (Å²) in [7, 11) is 0. The number of benzene rings is 3. The second kappa shape index (κ2) is 6.61. The third-order valence-corrected chi connectivity index (χ3v) is 4.65. The van der Waals surface area contributed by atoms with Crippen LogP contribution in [0.5, 0.6) is 0 Å². The van der Waals surface area contributed by atoms with Crippen molar-refractivity contribution >= 4 is 17.1 Å². The second-order valence-electron chi connectivity index (χ2n) is 6.37. The third-order valence-electron chi connectivity index (χ3n) is 4.65. The lowest BCUT2D eigenvalue weighted by molar-refractivity contribution is -0.0407. The molecule has 4 rings (SSSR count). The minimum Gasteiger partial charge on any atom is -0.319 e. The molecule has 1 saturated heterocycles. The monoisotopic (exact) mass is 330 g/mol. The van der Waals surface area contributed by atoms with Gasteiger partial charge in [-0.3, -0.25) is 4.90 Å². The first-order valence-corrected chi connectivity index (χ1v) is 8.59.